The molecule has 2 aromatic rings. The highest BCUT2D eigenvalue weighted by atomic mass is 16.6. The number of nitro groups is 1. The van der Waals surface area contributed by atoms with Crippen LogP contribution in [0.4, 0.5) is 11.4 Å². The maximum Gasteiger partial charge on any atom is 0.271 e. The van der Waals surface area contributed by atoms with Gasteiger partial charge in [0.25, 0.3) is 5.69 Å². The van der Waals surface area contributed by atoms with E-state index in [4.69, 9.17) is 0 Å². The van der Waals surface area contributed by atoms with Gasteiger partial charge in [-0.25, -0.2) is 4.90 Å². The van der Waals surface area contributed by atoms with Gasteiger partial charge in [-0.1, -0.05) is 42.5 Å². The molecule has 5 rings (SSSR count). The summed E-state index contributed by atoms with van der Waals surface area (Å²) >= 11 is 0. The summed E-state index contributed by atoms with van der Waals surface area (Å²) < 4.78 is 0. The highest BCUT2D eigenvalue weighted by Crippen LogP contribution is 2.47. The summed E-state index contributed by atoms with van der Waals surface area (Å²) in [5, 5.41) is 17.1. The minimum atomic E-state index is -0.950. The molecule has 0 N–H and O–H groups in total. The number of Topliss-reactive ketones (excluding diaryl/α,β-unsaturated/α-hetero) is 1. The Balaban J connectivity index is 1.60. The van der Waals surface area contributed by atoms with Crippen LogP contribution in [0.2, 0.25) is 0 Å². The normalized spacial score (nSPS) is 25.8. The third-order valence-electron chi connectivity index (χ3n) is 6.26. The Labute approximate surface area is 182 Å². The number of hydrogen-bond donors (Lipinski definition) is 0. The number of anilines is 1. The summed E-state index contributed by atoms with van der Waals surface area (Å²) in [6.07, 6.45) is 4.98. The predicted molar refractivity (Wildman–Crippen MR) is 115 cm³/mol. The van der Waals surface area contributed by atoms with Crippen molar-refractivity contribution < 1.29 is 19.3 Å². The van der Waals surface area contributed by atoms with Crippen molar-refractivity contribution >= 4 is 35.2 Å². The summed E-state index contributed by atoms with van der Waals surface area (Å²) in [5.41, 5.74) is 0.928. The summed E-state index contributed by atoms with van der Waals surface area (Å²) in [4.78, 5) is 52.2. The third-order valence-corrected chi connectivity index (χ3v) is 6.26. The number of fused-ring (bicyclic) bond motifs is 3. The van der Waals surface area contributed by atoms with Crippen LogP contribution < -0.4 is 4.90 Å². The zero-order valence-corrected chi connectivity index (χ0v) is 17.0. The number of non-ortho nitro benzene ring substituents is 1. The molecule has 0 bridgehead atoms. The van der Waals surface area contributed by atoms with Gasteiger partial charge in [-0.15, -0.1) is 0 Å². The van der Waals surface area contributed by atoms with Crippen molar-refractivity contribution in [2.75, 3.05) is 4.90 Å². The van der Waals surface area contributed by atoms with E-state index in [1.54, 1.807) is 49.4 Å². The Bertz CT molecular complexity index is 1220. The number of aryl methyl sites for hydroxylation is 1. The second-order valence-corrected chi connectivity index (χ2v) is 7.99. The number of nitro benzene ring substituents is 1. The first-order valence-corrected chi connectivity index (χ1v) is 10.1. The summed E-state index contributed by atoms with van der Waals surface area (Å²) in [6, 6.07) is 11.1. The summed E-state index contributed by atoms with van der Waals surface area (Å²) in [6.45, 7) is 1.68. The molecule has 0 saturated carbocycles. The van der Waals surface area contributed by atoms with Crippen LogP contribution in [0, 0.1) is 28.9 Å². The molecule has 0 spiro atoms. The van der Waals surface area contributed by atoms with Gasteiger partial charge in [-0.3, -0.25) is 29.5 Å². The van der Waals surface area contributed by atoms with E-state index in [1.807, 2.05) is 0 Å². The molecule has 2 fully saturated rings. The molecule has 0 aliphatic carbocycles. The molecule has 2 aromatic carbocycles. The third kappa shape index (κ3) is 2.78. The number of ketones is 1. The molecule has 3 aliphatic heterocycles. The van der Waals surface area contributed by atoms with Gasteiger partial charge in [-0.05, 0) is 18.6 Å². The van der Waals surface area contributed by atoms with E-state index in [0.29, 0.717) is 11.1 Å². The number of allylic oxidation sites excluding steroid dienone is 1. The van der Waals surface area contributed by atoms with Crippen molar-refractivity contribution in [1.82, 2.24) is 5.01 Å². The van der Waals surface area contributed by atoms with Gasteiger partial charge in [0.1, 0.15) is 6.04 Å². The quantitative estimate of drug-likeness (QED) is 0.319. The van der Waals surface area contributed by atoms with Crippen LogP contribution in [0.15, 0.2) is 65.8 Å². The van der Waals surface area contributed by atoms with E-state index in [-0.39, 0.29) is 17.2 Å². The first-order chi connectivity index (χ1) is 15.4. The van der Waals surface area contributed by atoms with Crippen molar-refractivity contribution in [2.24, 2.45) is 16.9 Å². The topological polar surface area (TPSA) is 113 Å². The lowest BCUT2D eigenvalue weighted by Gasteiger charge is -2.30. The van der Waals surface area contributed by atoms with Gasteiger partial charge in [-0.2, -0.15) is 5.10 Å². The highest BCUT2D eigenvalue weighted by molar-refractivity contribution is 6.25. The van der Waals surface area contributed by atoms with Crippen LogP contribution in [0.5, 0.6) is 0 Å². The number of amides is 2. The molecule has 2 saturated heterocycles. The smallest absolute Gasteiger partial charge is 0.271 e. The Morgan fingerprint density at radius 2 is 1.78 bits per heavy atom. The van der Waals surface area contributed by atoms with E-state index in [2.05, 4.69) is 5.10 Å². The van der Waals surface area contributed by atoms with Crippen LogP contribution >= 0.6 is 0 Å². The van der Waals surface area contributed by atoms with Gasteiger partial charge in [0.05, 0.1) is 28.5 Å². The number of rotatable bonds is 4. The van der Waals surface area contributed by atoms with E-state index in [9.17, 15) is 24.5 Å². The van der Waals surface area contributed by atoms with Crippen molar-refractivity contribution in [2.45, 2.75) is 19.0 Å². The average molecular weight is 430 g/mol. The lowest BCUT2D eigenvalue weighted by atomic mass is 9.86. The molecule has 0 unspecified atom stereocenters. The molecule has 9 heteroatoms. The van der Waals surface area contributed by atoms with Gasteiger partial charge in [0, 0.05) is 23.9 Å². The second-order valence-electron chi connectivity index (χ2n) is 7.99. The Hall–Kier alpha value is -4.14. The highest BCUT2D eigenvalue weighted by Gasteiger charge is 2.64. The van der Waals surface area contributed by atoms with E-state index in [0.717, 1.165) is 4.90 Å². The molecule has 3 aliphatic rings. The van der Waals surface area contributed by atoms with Crippen LogP contribution in [0.3, 0.4) is 0 Å². The SMILES string of the molecule is Cc1ccc([N+](=O)[O-])cc1N1C(=O)[C@@H]2[C@H](C1=O)[C@@H]1C=CC=NN1[C@@H]2C(=O)c1ccccc1. The Kier molecular flexibility index (Phi) is 4.47. The minimum absolute atomic E-state index is 0.171. The molecule has 2 amide bonds. The molecule has 160 valence electrons. The van der Waals surface area contributed by atoms with Crippen molar-refractivity contribution in [3.8, 4) is 0 Å². The first kappa shape index (κ1) is 19.8. The summed E-state index contributed by atoms with van der Waals surface area (Å²) in [5.74, 6) is -3.08. The van der Waals surface area contributed by atoms with Crippen LogP contribution in [0.1, 0.15) is 15.9 Å². The Morgan fingerprint density at radius 1 is 1.06 bits per heavy atom. The van der Waals surface area contributed by atoms with E-state index >= 15 is 0 Å². The van der Waals surface area contributed by atoms with Crippen LogP contribution in [-0.2, 0) is 9.59 Å². The number of carbonyl (C=O) groups is 3. The van der Waals surface area contributed by atoms with Crippen LogP contribution in [-0.4, -0.2) is 45.8 Å². The van der Waals surface area contributed by atoms with Crippen molar-refractivity contribution in [3.05, 3.63) is 81.9 Å². The standard InChI is InChI=1S/C23H18N4O5/c1-13-9-10-15(27(31)32)12-17(13)25-22(29)18-16-8-5-11-24-26(16)20(19(18)23(25)30)21(28)14-6-3-2-4-7-14/h2-12,16,18-20H,1H3/t16-,18+,19+,20-/m0/s1. The predicted octanol–water partition coefficient (Wildman–Crippen LogP) is 2.50. The molecule has 9 nitrogen and oxygen atoms in total. The molecule has 0 aromatic heterocycles. The number of carbonyl (C=O) groups excluding carboxylic acids is 3. The van der Waals surface area contributed by atoms with Gasteiger partial charge in [0.15, 0.2) is 5.78 Å². The van der Waals surface area contributed by atoms with Gasteiger partial charge in [0.2, 0.25) is 11.8 Å². The number of hydrogen-bond acceptors (Lipinski definition) is 7. The lowest BCUT2D eigenvalue weighted by molar-refractivity contribution is -0.384. The molecule has 32 heavy (non-hydrogen) atoms. The van der Waals surface area contributed by atoms with Crippen LogP contribution in [0.25, 0.3) is 0 Å². The van der Waals surface area contributed by atoms with Gasteiger partial charge < -0.3 is 0 Å². The monoisotopic (exact) mass is 430 g/mol. The maximum atomic E-state index is 13.6. The largest absolute Gasteiger partial charge is 0.292 e. The maximum absolute atomic E-state index is 13.6. The molecule has 4 atom stereocenters. The fourth-order valence-corrected chi connectivity index (χ4v) is 4.80. The zero-order valence-electron chi connectivity index (χ0n) is 17.0. The number of hydrazone groups is 1. The first-order valence-electron chi connectivity index (χ1n) is 10.1. The van der Waals surface area contributed by atoms with Crippen molar-refractivity contribution in [3.63, 3.8) is 0 Å². The molecule has 0 radical (unpaired) electrons. The van der Waals surface area contributed by atoms with E-state index < -0.39 is 40.7 Å². The molecular weight excluding hydrogens is 412 g/mol. The van der Waals surface area contributed by atoms with Gasteiger partial charge >= 0.3 is 0 Å². The lowest BCUT2D eigenvalue weighted by Crippen LogP contribution is -2.46. The van der Waals surface area contributed by atoms with Crippen molar-refractivity contribution in [1.29, 1.82) is 0 Å². The molecule has 3 heterocycles. The zero-order chi connectivity index (χ0) is 22.6. The fourth-order valence-electron chi connectivity index (χ4n) is 4.80. The number of imide groups is 1. The van der Waals surface area contributed by atoms with E-state index in [1.165, 1.54) is 29.4 Å². The fraction of sp³-hybridized carbons (Fsp3) is 0.217. The number of nitrogens with zero attached hydrogens (tertiary/aromatic N) is 4. The molecular formula is C23H18N4O5. The minimum Gasteiger partial charge on any atom is -0.292 e. The summed E-state index contributed by atoms with van der Waals surface area (Å²) in [7, 11) is 0. The second kappa shape index (κ2) is 7.23. The number of benzene rings is 2. The Morgan fingerprint density at radius 3 is 2.50 bits per heavy atom. The average Bonchev–Trinajstić information content (AvgIpc) is 3.27.